The number of ether oxygens (including phenoxy) is 1. The summed E-state index contributed by atoms with van der Waals surface area (Å²) in [6, 6.07) is 5.76. The lowest BCUT2D eigenvalue weighted by Gasteiger charge is -2.15. The number of methoxy groups -OCH3 is 1. The Morgan fingerprint density at radius 1 is 1.42 bits per heavy atom. The second-order valence-corrected chi connectivity index (χ2v) is 4.67. The van der Waals surface area contributed by atoms with Crippen LogP contribution in [0, 0.1) is 12.8 Å². The van der Waals surface area contributed by atoms with Crippen LogP contribution in [0.4, 0.5) is 0 Å². The fourth-order valence-corrected chi connectivity index (χ4v) is 1.56. The first-order chi connectivity index (χ1) is 8.45. The van der Waals surface area contributed by atoms with Crippen LogP contribution in [0.2, 0.25) is 0 Å². The third kappa shape index (κ3) is 5.09. The van der Waals surface area contributed by atoms with Crippen molar-refractivity contribution in [2.45, 2.75) is 33.4 Å². The van der Waals surface area contributed by atoms with Gasteiger partial charge in [0.15, 0.2) is 0 Å². The molecule has 5 heteroatoms. The van der Waals surface area contributed by atoms with Crippen LogP contribution in [0.1, 0.15) is 25.0 Å². The van der Waals surface area contributed by atoms with Gasteiger partial charge in [-0.15, -0.1) is 12.4 Å². The van der Waals surface area contributed by atoms with E-state index in [4.69, 9.17) is 10.5 Å². The highest BCUT2D eigenvalue weighted by Gasteiger charge is 2.16. The van der Waals surface area contributed by atoms with Gasteiger partial charge in [-0.05, 0) is 31.0 Å². The number of nitrogens with one attached hydrogen (secondary N) is 1. The van der Waals surface area contributed by atoms with Crippen LogP contribution in [-0.2, 0) is 11.3 Å². The number of hydrogen-bond acceptors (Lipinski definition) is 3. The van der Waals surface area contributed by atoms with E-state index in [1.54, 1.807) is 7.11 Å². The largest absolute Gasteiger partial charge is 0.496 e. The smallest absolute Gasteiger partial charge is 0.224 e. The van der Waals surface area contributed by atoms with Crippen molar-refractivity contribution in [2.24, 2.45) is 11.7 Å². The normalized spacial score (nSPS) is 13.1. The quantitative estimate of drug-likeness (QED) is 0.870. The van der Waals surface area contributed by atoms with Crippen LogP contribution in [0.3, 0.4) is 0 Å². The Labute approximate surface area is 121 Å². The Morgan fingerprint density at radius 2 is 2.05 bits per heavy atom. The molecule has 0 aromatic heterocycles. The highest BCUT2D eigenvalue weighted by molar-refractivity contribution is 5.85. The Kier molecular flexibility index (Phi) is 7.49. The Bertz CT molecular complexity index is 422. The number of carbonyl (C=O) groups is 1. The van der Waals surface area contributed by atoms with E-state index in [2.05, 4.69) is 5.32 Å². The minimum Gasteiger partial charge on any atom is -0.496 e. The maximum atomic E-state index is 11.8. The van der Waals surface area contributed by atoms with E-state index in [-0.39, 0.29) is 30.3 Å². The van der Waals surface area contributed by atoms with Gasteiger partial charge in [0.25, 0.3) is 0 Å². The summed E-state index contributed by atoms with van der Waals surface area (Å²) in [6.45, 7) is 6.14. The van der Waals surface area contributed by atoms with Gasteiger partial charge < -0.3 is 15.8 Å². The molecule has 0 bridgehead atoms. The van der Waals surface area contributed by atoms with Crippen molar-refractivity contribution in [3.05, 3.63) is 29.3 Å². The summed E-state index contributed by atoms with van der Waals surface area (Å²) in [5.74, 6) is 0.629. The number of benzene rings is 1. The van der Waals surface area contributed by atoms with Crippen molar-refractivity contribution in [3.63, 3.8) is 0 Å². The average molecular weight is 287 g/mol. The Morgan fingerprint density at radius 3 is 2.58 bits per heavy atom. The predicted octanol–water partition coefficient (Wildman–Crippen LogP) is 2.02. The van der Waals surface area contributed by atoms with Gasteiger partial charge >= 0.3 is 0 Å². The first kappa shape index (κ1) is 17.7. The topological polar surface area (TPSA) is 64.3 Å². The fourth-order valence-electron chi connectivity index (χ4n) is 1.56. The monoisotopic (exact) mass is 286 g/mol. The van der Waals surface area contributed by atoms with Crippen molar-refractivity contribution in [3.8, 4) is 5.75 Å². The average Bonchev–Trinajstić information content (AvgIpc) is 2.36. The number of rotatable bonds is 5. The van der Waals surface area contributed by atoms with Crippen molar-refractivity contribution in [2.75, 3.05) is 7.11 Å². The molecular weight excluding hydrogens is 264 g/mol. The second kappa shape index (κ2) is 8.02. The summed E-state index contributed by atoms with van der Waals surface area (Å²) in [5, 5.41) is 2.88. The van der Waals surface area contributed by atoms with Crippen molar-refractivity contribution < 1.29 is 9.53 Å². The van der Waals surface area contributed by atoms with Crippen LogP contribution < -0.4 is 15.8 Å². The molecule has 1 aromatic carbocycles. The number of nitrogens with two attached hydrogens (primary N) is 1. The summed E-state index contributed by atoms with van der Waals surface area (Å²) in [5.41, 5.74) is 7.79. The van der Waals surface area contributed by atoms with Gasteiger partial charge in [0.2, 0.25) is 5.91 Å². The van der Waals surface area contributed by atoms with Crippen LogP contribution in [0.15, 0.2) is 18.2 Å². The van der Waals surface area contributed by atoms with Gasteiger partial charge in [-0.1, -0.05) is 19.1 Å². The van der Waals surface area contributed by atoms with E-state index >= 15 is 0 Å². The molecule has 1 rings (SSSR count). The first-order valence-electron chi connectivity index (χ1n) is 6.12. The minimum atomic E-state index is -0.183. The predicted molar refractivity (Wildman–Crippen MR) is 79.6 cm³/mol. The number of hydrogen-bond donors (Lipinski definition) is 2. The van der Waals surface area contributed by atoms with E-state index in [0.717, 1.165) is 16.9 Å². The minimum absolute atomic E-state index is 0. The summed E-state index contributed by atoms with van der Waals surface area (Å²) in [4.78, 5) is 11.8. The van der Waals surface area contributed by atoms with E-state index < -0.39 is 0 Å². The lowest BCUT2D eigenvalue weighted by molar-refractivity contribution is -0.125. The van der Waals surface area contributed by atoms with Crippen molar-refractivity contribution in [1.29, 1.82) is 0 Å². The molecule has 3 N–H and O–H groups in total. The highest BCUT2D eigenvalue weighted by atomic mass is 35.5. The van der Waals surface area contributed by atoms with Crippen molar-refractivity contribution in [1.82, 2.24) is 5.32 Å². The van der Waals surface area contributed by atoms with Gasteiger partial charge in [-0.3, -0.25) is 4.79 Å². The number of amides is 1. The lowest BCUT2D eigenvalue weighted by atomic mass is 10.0. The number of aryl methyl sites for hydroxylation is 1. The van der Waals surface area contributed by atoms with E-state index in [1.807, 2.05) is 39.0 Å². The number of carbonyl (C=O) groups excluding carboxylic acids is 1. The van der Waals surface area contributed by atoms with E-state index in [0.29, 0.717) is 6.54 Å². The van der Waals surface area contributed by atoms with Crippen LogP contribution in [0.25, 0.3) is 0 Å². The van der Waals surface area contributed by atoms with Crippen molar-refractivity contribution >= 4 is 18.3 Å². The summed E-state index contributed by atoms with van der Waals surface area (Å²) >= 11 is 0. The molecule has 108 valence electrons. The van der Waals surface area contributed by atoms with E-state index in [9.17, 15) is 4.79 Å². The zero-order valence-electron chi connectivity index (χ0n) is 11.9. The van der Waals surface area contributed by atoms with E-state index in [1.165, 1.54) is 0 Å². The van der Waals surface area contributed by atoms with Gasteiger partial charge in [-0.25, -0.2) is 0 Å². The highest BCUT2D eigenvalue weighted by Crippen LogP contribution is 2.18. The standard InChI is InChI=1S/C14H22N2O2.ClH/c1-9-5-6-12(7-13(9)18-4)8-16-14(17)10(2)11(3)15;/h5-7,10-11H,8,15H2,1-4H3,(H,16,17);1H. The zero-order chi connectivity index (χ0) is 13.7. The Balaban J connectivity index is 0.00000324. The molecule has 0 radical (unpaired) electrons. The summed E-state index contributed by atoms with van der Waals surface area (Å²) < 4.78 is 5.25. The third-order valence-corrected chi connectivity index (χ3v) is 3.14. The molecule has 4 nitrogen and oxygen atoms in total. The third-order valence-electron chi connectivity index (χ3n) is 3.14. The molecule has 1 aromatic rings. The van der Waals surface area contributed by atoms with Crippen LogP contribution >= 0.6 is 12.4 Å². The molecule has 0 fully saturated rings. The number of halogens is 1. The molecule has 0 spiro atoms. The first-order valence-corrected chi connectivity index (χ1v) is 6.12. The fraction of sp³-hybridized carbons (Fsp3) is 0.500. The molecule has 0 aliphatic heterocycles. The summed E-state index contributed by atoms with van der Waals surface area (Å²) in [7, 11) is 1.64. The van der Waals surface area contributed by atoms with Gasteiger partial charge in [-0.2, -0.15) is 0 Å². The molecule has 0 heterocycles. The SMILES string of the molecule is COc1cc(CNC(=O)C(C)C(C)N)ccc1C.Cl. The molecule has 0 aliphatic rings. The maximum absolute atomic E-state index is 11.8. The van der Waals surface area contributed by atoms with Gasteiger partial charge in [0.05, 0.1) is 7.11 Å². The van der Waals surface area contributed by atoms with Gasteiger partial charge in [0.1, 0.15) is 5.75 Å². The molecule has 2 atom stereocenters. The van der Waals surface area contributed by atoms with Gasteiger partial charge in [0, 0.05) is 18.5 Å². The molecule has 0 saturated carbocycles. The molecular formula is C14H23ClN2O2. The lowest BCUT2D eigenvalue weighted by Crippen LogP contribution is -2.38. The second-order valence-electron chi connectivity index (χ2n) is 4.67. The Hall–Kier alpha value is -1.26. The van der Waals surface area contributed by atoms with Crippen LogP contribution in [-0.4, -0.2) is 19.1 Å². The molecule has 2 unspecified atom stereocenters. The molecule has 0 saturated heterocycles. The van der Waals surface area contributed by atoms with Crippen LogP contribution in [0.5, 0.6) is 5.75 Å². The molecule has 1 amide bonds. The summed E-state index contributed by atoms with van der Waals surface area (Å²) in [6.07, 6.45) is 0. The molecule has 19 heavy (non-hydrogen) atoms. The maximum Gasteiger partial charge on any atom is 0.224 e. The molecule has 0 aliphatic carbocycles. The zero-order valence-corrected chi connectivity index (χ0v) is 12.7.